The van der Waals surface area contributed by atoms with E-state index in [1.165, 1.54) is 16.4 Å². The number of alkyl halides is 1. The zero-order valence-corrected chi connectivity index (χ0v) is 22.5. The van der Waals surface area contributed by atoms with Crippen LogP contribution in [0.1, 0.15) is 37.6 Å². The monoisotopic (exact) mass is 599 g/mol. The first-order valence-corrected chi connectivity index (χ1v) is 12.7. The summed E-state index contributed by atoms with van der Waals surface area (Å²) >= 11 is 8.19. The molecule has 0 saturated carbocycles. The largest absolute Gasteiger partial charge is 0.492 e. The number of hydrogen-bond donors (Lipinski definition) is 2. The molecule has 0 bridgehead atoms. The summed E-state index contributed by atoms with van der Waals surface area (Å²) in [6.07, 6.45) is 0.691. The van der Waals surface area contributed by atoms with E-state index in [4.69, 9.17) is 21.1 Å². The quantitative estimate of drug-likeness (QED) is 0.237. The number of nitrogens with zero attached hydrogens (tertiary/aromatic N) is 3. The molecule has 0 spiro atoms. The topological polar surface area (TPSA) is 89.6 Å². The highest BCUT2D eigenvalue weighted by Gasteiger charge is 2.24. The van der Waals surface area contributed by atoms with Gasteiger partial charge in [-0.15, -0.1) is 16.7 Å². The molecule has 2 N–H and O–H groups in total. The van der Waals surface area contributed by atoms with Crippen molar-refractivity contribution in [1.29, 1.82) is 0 Å². The van der Waals surface area contributed by atoms with Crippen molar-refractivity contribution >= 4 is 34.2 Å². The summed E-state index contributed by atoms with van der Waals surface area (Å²) in [7, 11) is 0. The molecule has 3 rings (SSSR count). The number of aromatic nitrogens is 3. The zero-order valence-electron chi connectivity index (χ0n) is 19.6. The first-order valence-electron chi connectivity index (χ1n) is 11.1. The van der Waals surface area contributed by atoms with Crippen molar-refractivity contribution in [2.75, 3.05) is 19.1 Å². The number of halogens is 2. The van der Waals surface area contributed by atoms with Crippen LogP contribution < -0.4 is 9.47 Å². The van der Waals surface area contributed by atoms with E-state index in [1.54, 1.807) is 0 Å². The number of aliphatic hydroxyl groups is 2. The van der Waals surface area contributed by atoms with E-state index in [0.717, 1.165) is 14.9 Å². The average molecular weight is 600 g/mol. The van der Waals surface area contributed by atoms with Crippen LogP contribution in [-0.4, -0.2) is 50.4 Å². The molecule has 0 unspecified atom stereocenters. The molecule has 0 radical (unpaired) electrons. The third-order valence-corrected chi connectivity index (χ3v) is 7.07. The van der Waals surface area contributed by atoms with Gasteiger partial charge in [-0.25, -0.2) is 4.68 Å². The Bertz CT molecular complexity index is 1060. The maximum atomic E-state index is 10.3. The second-order valence-corrected chi connectivity index (χ2v) is 10.4. The normalized spacial score (nSPS) is 13.5. The van der Waals surface area contributed by atoms with Gasteiger partial charge >= 0.3 is 0 Å². The van der Waals surface area contributed by atoms with Gasteiger partial charge in [-0.3, -0.25) is 0 Å². The smallest absolute Gasteiger partial charge is 0.132 e. The Balaban J connectivity index is 1.61. The summed E-state index contributed by atoms with van der Waals surface area (Å²) < 4.78 is 14.2. The Morgan fingerprint density at radius 1 is 1.09 bits per heavy atom. The highest BCUT2D eigenvalue weighted by Crippen LogP contribution is 2.35. The minimum absolute atomic E-state index is 0.107. The van der Waals surface area contributed by atoms with Crippen LogP contribution in [-0.2, 0) is 18.6 Å². The van der Waals surface area contributed by atoms with Crippen molar-refractivity contribution in [3.05, 3.63) is 69.1 Å². The molecular weight excluding hydrogens is 569 g/mol. The Kier molecular flexibility index (Phi) is 9.58. The van der Waals surface area contributed by atoms with Gasteiger partial charge in [-0.05, 0) is 58.0 Å². The standard InChI is InChI=1S/C25H31ClIN3O4/c1-17(11-26)15-34-24-9-6-19(10-23(24)27)25(2,3)18-4-7-22(8-5-18)33-16-21(32)13-30-20(14-31)12-28-29-30/h4-10,12,17,21,31-32H,11,13-16H2,1-3H3/t17-,21-/m1/s1. The van der Waals surface area contributed by atoms with E-state index in [9.17, 15) is 10.2 Å². The molecule has 7 nitrogen and oxygen atoms in total. The lowest BCUT2D eigenvalue weighted by atomic mass is 9.78. The van der Waals surface area contributed by atoms with Crippen molar-refractivity contribution in [2.24, 2.45) is 5.92 Å². The second-order valence-electron chi connectivity index (χ2n) is 8.90. The first-order chi connectivity index (χ1) is 16.2. The number of ether oxygens (including phenoxy) is 2. The molecule has 2 atom stereocenters. The molecular formula is C25H31ClIN3O4. The highest BCUT2D eigenvalue weighted by atomic mass is 127. The molecule has 0 saturated heterocycles. The van der Waals surface area contributed by atoms with Crippen LogP contribution in [0.2, 0.25) is 0 Å². The number of rotatable bonds is 12. The van der Waals surface area contributed by atoms with Gasteiger partial charge in [0.25, 0.3) is 0 Å². The number of hydrogen-bond acceptors (Lipinski definition) is 6. The summed E-state index contributed by atoms with van der Waals surface area (Å²) in [6, 6.07) is 14.2. The SMILES string of the molecule is C[C@H](CCl)COc1ccc(C(C)(C)c2ccc(OC[C@H](O)Cn3nncc3CO)cc2)cc1I. The average Bonchev–Trinajstić information content (AvgIpc) is 3.28. The van der Waals surface area contributed by atoms with Crippen LogP contribution in [0.3, 0.4) is 0 Å². The van der Waals surface area contributed by atoms with Crippen LogP contribution in [0.25, 0.3) is 0 Å². The van der Waals surface area contributed by atoms with Crippen LogP contribution >= 0.6 is 34.2 Å². The minimum Gasteiger partial charge on any atom is -0.492 e. The Morgan fingerprint density at radius 2 is 1.79 bits per heavy atom. The Morgan fingerprint density at radius 3 is 2.44 bits per heavy atom. The summed E-state index contributed by atoms with van der Waals surface area (Å²) in [4.78, 5) is 0. The van der Waals surface area contributed by atoms with E-state index in [1.807, 2.05) is 30.3 Å². The van der Waals surface area contributed by atoms with Crippen molar-refractivity contribution in [3.8, 4) is 11.5 Å². The van der Waals surface area contributed by atoms with Crippen molar-refractivity contribution < 1.29 is 19.7 Å². The van der Waals surface area contributed by atoms with Crippen molar-refractivity contribution in [3.63, 3.8) is 0 Å². The predicted octanol–water partition coefficient (Wildman–Crippen LogP) is 4.39. The molecule has 0 fully saturated rings. The van der Waals surface area contributed by atoms with E-state index in [0.29, 0.717) is 29.8 Å². The van der Waals surface area contributed by atoms with Gasteiger partial charge in [0.15, 0.2) is 0 Å². The Labute approximate surface area is 219 Å². The summed E-state index contributed by atoms with van der Waals surface area (Å²) in [5.74, 6) is 2.42. The van der Waals surface area contributed by atoms with Gasteiger partial charge in [-0.1, -0.05) is 44.2 Å². The lowest BCUT2D eigenvalue weighted by Crippen LogP contribution is -2.25. The van der Waals surface area contributed by atoms with Gasteiger partial charge in [0, 0.05) is 17.2 Å². The molecule has 0 aliphatic heterocycles. The third kappa shape index (κ3) is 6.84. The highest BCUT2D eigenvalue weighted by molar-refractivity contribution is 14.1. The predicted molar refractivity (Wildman–Crippen MR) is 141 cm³/mol. The van der Waals surface area contributed by atoms with E-state index in [-0.39, 0.29) is 25.2 Å². The van der Waals surface area contributed by atoms with Crippen LogP contribution in [0.15, 0.2) is 48.7 Å². The van der Waals surface area contributed by atoms with Crippen molar-refractivity contribution in [2.45, 2.75) is 45.4 Å². The van der Waals surface area contributed by atoms with Gasteiger partial charge in [0.1, 0.15) is 24.2 Å². The molecule has 3 aromatic rings. The molecule has 34 heavy (non-hydrogen) atoms. The molecule has 1 heterocycles. The van der Waals surface area contributed by atoms with Crippen LogP contribution in [0.5, 0.6) is 11.5 Å². The van der Waals surface area contributed by atoms with Gasteiger partial charge in [-0.2, -0.15) is 0 Å². The van der Waals surface area contributed by atoms with Gasteiger partial charge in [0.2, 0.25) is 0 Å². The summed E-state index contributed by atoms with van der Waals surface area (Å²) in [5.41, 5.74) is 2.67. The molecule has 0 aliphatic carbocycles. The van der Waals surface area contributed by atoms with E-state index in [2.05, 4.69) is 65.8 Å². The fourth-order valence-corrected chi connectivity index (χ4v) is 4.18. The van der Waals surface area contributed by atoms with Gasteiger partial charge in [0.05, 0.1) is 35.2 Å². The molecule has 184 valence electrons. The maximum Gasteiger partial charge on any atom is 0.132 e. The summed E-state index contributed by atoms with van der Waals surface area (Å²) in [6.45, 7) is 7.16. The Hall–Kier alpha value is -1.88. The summed E-state index contributed by atoms with van der Waals surface area (Å²) in [5, 5.41) is 27.1. The van der Waals surface area contributed by atoms with Crippen LogP contribution in [0.4, 0.5) is 0 Å². The van der Waals surface area contributed by atoms with Crippen molar-refractivity contribution in [1.82, 2.24) is 15.0 Å². The molecule has 0 amide bonds. The molecule has 0 aliphatic rings. The van der Waals surface area contributed by atoms with E-state index >= 15 is 0 Å². The van der Waals surface area contributed by atoms with Crippen LogP contribution in [0, 0.1) is 9.49 Å². The first kappa shape index (κ1) is 26.7. The minimum atomic E-state index is -0.779. The third-order valence-electron chi connectivity index (χ3n) is 5.70. The molecule has 9 heteroatoms. The molecule has 2 aromatic carbocycles. The fourth-order valence-electron chi connectivity index (χ4n) is 3.42. The lowest BCUT2D eigenvalue weighted by Gasteiger charge is -2.27. The lowest BCUT2D eigenvalue weighted by molar-refractivity contribution is 0.0866. The second kappa shape index (κ2) is 12.2. The maximum absolute atomic E-state index is 10.3. The van der Waals surface area contributed by atoms with Gasteiger partial charge < -0.3 is 19.7 Å². The number of aliphatic hydroxyl groups excluding tert-OH is 2. The fraction of sp³-hybridized carbons (Fsp3) is 0.440. The number of benzene rings is 2. The van der Waals surface area contributed by atoms with E-state index < -0.39 is 6.10 Å². The molecule has 1 aromatic heterocycles. The zero-order chi connectivity index (χ0) is 24.7.